The molecular weight excluding hydrogens is 258 g/mol. The first-order chi connectivity index (χ1) is 8.66. The number of nitrogens with one attached hydrogen (secondary N) is 1. The Balaban J connectivity index is 2.15. The highest BCUT2D eigenvalue weighted by Crippen LogP contribution is 2.38. The van der Waals surface area contributed by atoms with Gasteiger partial charge in [0.1, 0.15) is 16.8 Å². The van der Waals surface area contributed by atoms with Gasteiger partial charge in [-0.25, -0.2) is 9.97 Å². The highest BCUT2D eigenvalue weighted by Gasteiger charge is 2.31. The summed E-state index contributed by atoms with van der Waals surface area (Å²) in [4.78, 5) is 8.93. The molecule has 1 saturated carbocycles. The fourth-order valence-corrected chi connectivity index (χ4v) is 2.78. The van der Waals surface area contributed by atoms with Gasteiger partial charge in [0.25, 0.3) is 0 Å². The molecule has 3 nitrogen and oxygen atoms in total. The quantitative estimate of drug-likeness (QED) is 0.816. The predicted molar refractivity (Wildman–Crippen MR) is 80.8 cm³/mol. The van der Waals surface area contributed by atoms with Crippen molar-refractivity contribution in [3.8, 4) is 0 Å². The van der Waals surface area contributed by atoms with Crippen LogP contribution >= 0.6 is 11.6 Å². The highest BCUT2D eigenvalue weighted by molar-refractivity contribution is 6.29. The summed E-state index contributed by atoms with van der Waals surface area (Å²) < 4.78 is 0. The summed E-state index contributed by atoms with van der Waals surface area (Å²) >= 11 is 6.11. The van der Waals surface area contributed by atoms with Gasteiger partial charge in [0.05, 0.1) is 0 Å². The standard InChI is InChI=1S/C15H24ClN3/c1-14(2,3)13-18-11(16)8-12(19-13)17-10-6-7-15(4,5)9-10/h8,10H,6-7,9H2,1-5H3,(H,17,18,19). The average molecular weight is 282 g/mol. The second-order valence-electron chi connectivity index (χ2n) is 7.40. The SMILES string of the molecule is CC1(C)CCC(Nc2cc(Cl)nc(C(C)(C)C)n2)C1. The van der Waals surface area contributed by atoms with E-state index in [-0.39, 0.29) is 5.41 Å². The van der Waals surface area contributed by atoms with Crippen LogP contribution in [0.3, 0.4) is 0 Å². The third-order valence-corrected chi connectivity index (χ3v) is 3.88. The molecule has 1 aromatic rings. The maximum absolute atomic E-state index is 6.11. The molecule has 19 heavy (non-hydrogen) atoms. The number of nitrogens with zero attached hydrogens (tertiary/aromatic N) is 2. The first-order valence-corrected chi connectivity index (χ1v) is 7.35. The molecule has 0 amide bonds. The van der Waals surface area contributed by atoms with Gasteiger partial charge in [-0.2, -0.15) is 0 Å². The molecule has 2 rings (SSSR count). The van der Waals surface area contributed by atoms with Crippen molar-refractivity contribution >= 4 is 17.4 Å². The van der Waals surface area contributed by atoms with Gasteiger partial charge in [0, 0.05) is 17.5 Å². The molecule has 0 saturated heterocycles. The van der Waals surface area contributed by atoms with Crippen molar-refractivity contribution in [3.05, 3.63) is 17.0 Å². The van der Waals surface area contributed by atoms with Crippen LogP contribution in [0.4, 0.5) is 5.82 Å². The molecule has 1 N–H and O–H groups in total. The van der Waals surface area contributed by atoms with Gasteiger partial charge in [-0.1, -0.05) is 46.2 Å². The molecule has 1 fully saturated rings. The Morgan fingerprint density at radius 1 is 1.32 bits per heavy atom. The van der Waals surface area contributed by atoms with E-state index in [1.165, 1.54) is 19.3 Å². The van der Waals surface area contributed by atoms with Crippen molar-refractivity contribution in [1.82, 2.24) is 9.97 Å². The van der Waals surface area contributed by atoms with Crippen molar-refractivity contribution in [2.75, 3.05) is 5.32 Å². The molecule has 0 aliphatic heterocycles. The van der Waals surface area contributed by atoms with Gasteiger partial charge in [-0.15, -0.1) is 0 Å². The zero-order valence-corrected chi connectivity index (χ0v) is 13.3. The number of anilines is 1. The molecule has 1 heterocycles. The Morgan fingerprint density at radius 2 is 2.00 bits per heavy atom. The molecule has 1 aromatic heterocycles. The highest BCUT2D eigenvalue weighted by atomic mass is 35.5. The number of rotatable bonds is 2. The molecule has 0 spiro atoms. The predicted octanol–water partition coefficient (Wildman–Crippen LogP) is 4.42. The van der Waals surface area contributed by atoms with E-state index in [1.54, 1.807) is 0 Å². The summed E-state index contributed by atoms with van der Waals surface area (Å²) in [5, 5.41) is 4.03. The lowest BCUT2D eigenvalue weighted by Gasteiger charge is -2.21. The van der Waals surface area contributed by atoms with Crippen LogP contribution in [0.2, 0.25) is 5.15 Å². The number of hydrogen-bond donors (Lipinski definition) is 1. The molecule has 106 valence electrons. The second-order valence-corrected chi connectivity index (χ2v) is 7.79. The fraction of sp³-hybridized carbons (Fsp3) is 0.733. The lowest BCUT2D eigenvalue weighted by molar-refractivity contribution is 0.378. The summed E-state index contributed by atoms with van der Waals surface area (Å²) in [6.45, 7) is 10.9. The van der Waals surface area contributed by atoms with Crippen LogP contribution in [0.1, 0.15) is 59.7 Å². The monoisotopic (exact) mass is 281 g/mol. The molecule has 1 atom stereocenters. The van der Waals surface area contributed by atoms with E-state index in [0.717, 1.165) is 11.6 Å². The van der Waals surface area contributed by atoms with Gasteiger partial charge in [0.2, 0.25) is 0 Å². The molecule has 4 heteroatoms. The maximum atomic E-state index is 6.11. The van der Waals surface area contributed by atoms with E-state index in [0.29, 0.717) is 16.6 Å². The fourth-order valence-electron chi connectivity index (χ4n) is 2.60. The summed E-state index contributed by atoms with van der Waals surface area (Å²) in [6.07, 6.45) is 3.63. The molecular formula is C15H24ClN3. The number of halogens is 1. The smallest absolute Gasteiger partial charge is 0.137 e. The van der Waals surface area contributed by atoms with Crippen LogP contribution in [0, 0.1) is 5.41 Å². The normalized spacial score (nSPS) is 22.5. The van der Waals surface area contributed by atoms with E-state index < -0.39 is 0 Å². The van der Waals surface area contributed by atoms with Crippen LogP contribution in [0.5, 0.6) is 0 Å². The summed E-state index contributed by atoms with van der Waals surface area (Å²) in [6, 6.07) is 2.32. The van der Waals surface area contributed by atoms with Crippen LogP contribution in [-0.2, 0) is 5.41 Å². The lowest BCUT2D eigenvalue weighted by atomic mass is 9.92. The first-order valence-electron chi connectivity index (χ1n) is 6.97. The van der Waals surface area contributed by atoms with Crippen molar-refractivity contribution in [2.24, 2.45) is 5.41 Å². The van der Waals surface area contributed by atoms with Crippen LogP contribution in [-0.4, -0.2) is 16.0 Å². The van der Waals surface area contributed by atoms with E-state index in [2.05, 4.69) is 49.9 Å². The molecule has 1 aliphatic rings. The Hall–Kier alpha value is -0.830. The first kappa shape index (κ1) is 14.6. The summed E-state index contributed by atoms with van der Waals surface area (Å²) in [5.41, 5.74) is 0.345. The van der Waals surface area contributed by atoms with Crippen molar-refractivity contribution in [1.29, 1.82) is 0 Å². The second kappa shape index (κ2) is 4.93. The average Bonchev–Trinajstić information content (AvgIpc) is 2.55. The van der Waals surface area contributed by atoms with Gasteiger partial charge in [-0.05, 0) is 24.7 Å². The third-order valence-electron chi connectivity index (χ3n) is 3.69. The van der Waals surface area contributed by atoms with Gasteiger partial charge in [0.15, 0.2) is 0 Å². The Morgan fingerprint density at radius 3 is 2.53 bits per heavy atom. The topological polar surface area (TPSA) is 37.8 Å². The Bertz CT molecular complexity index is 463. The van der Waals surface area contributed by atoms with E-state index in [9.17, 15) is 0 Å². The van der Waals surface area contributed by atoms with E-state index in [1.807, 2.05) is 6.07 Å². The maximum Gasteiger partial charge on any atom is 0.137 e. The third kappa shape index (κ3) is 3.82. The van der Waals surface area contributed by atoms with E-state index in [4.69, 9.17) is 11.6 Å². The Kier molecular flexibility index (Phi) is 3.78. The van der Waals surface area contributed by atoms with Gasteiger partial charge in [-0.3, -0.25) is 0 Å². The molecule has 0 bridgehead atoms. The van der Waals surface area contributed by atoms with Crippen molar-refractivity contribution in [2.45, 2.75) is 65.3 Å². The minimum atomic E-state index is -0.0870. The molecule has 1 unspecified atom stereocenters. The minimum absolute atomic E-state index is 0.0870. The van der Waals surface area contributed by atoms with Crippen LogP contribution < -0.4 is 5.32 Å². The molecule has 0 radical (unpaired) electrons. The van der Waals surface area contributed by atoms with Crippen LogP contribution in [0.15, 0.2) is 6.07 Å². The molecule has 0 aromatic carbocycles. The Labute approximate surface area is 121 Å². The number of hydrogen-bond acceptors (Lipinski definition) is 3. The van der Waals surface area contributed by atoms with Crippen molar-refractivity contribution < 1.29 is 0 Å². The summed E-state index contributed by atoms with van der Waals surface area (Å²) in [5.74, 6) is 1.65. The van der Waals surface area contributed by atoms with Crippen molar-refractivity contribution in [3.63, 3.8) is 0 Å². The van der Waals surface area contributed by atoms with E-state index >= 15 is 0 Å². The van der Waals surface area contributed by atoms with Gasteiger partial charge < -0.3 is 5.32 Å². The number of aromatic nitrogens is 2. The summed E-state index contributed by atoms with van der Waals surface area (Å²) in [7, 11) is 0. The van der Waals surface area contributed by atoms with Crippen LogP contribution in [0.25, 0.3) is 0 Å². The largest absolute Gasteiger partial charge is 0.367 e. The molecule has 1 aliphatic carbocycles. The lowest BCUT2D eigenvalue weighted by Crippen LogP contribution is -2.21. The minimum Gasteiger partial charge on any atom is -0.367 e. The van der Waals surface area contributed by atoms with Gasteiger partial charge >= 0.3 is 0 Å². The zero-order valence-electron chi connectivity index (χ0n) is 12.5. The zero-order chi connectivity index (χ0) is 14.3.